The molecule has 22 nitrogen and oxygen atoms in total. The Kier molecular flexibility index (Phi) is 19.1. The van der Waals surface area contributed by atoms with Crippen molar-refractivity contribution in [3.63, 3.8) is 0 Å². The summed E-state index contributed by atoms with van der Waals surface area (Å²) >= 11 is 0. The predicted octanol–water partition coefficient (Wildman–Crippen LogP) is -6.18. The SMILES string of the molecule is NC(=O)CC[C@@H]1NC(=O)CCC(=O)N[C@@H](CCCN=C(N)N)C(=O)NCCN(CC(N)=O)C(=O)[C@H](Cc2ccccc2)NC(=O)[C@H](CO)NC(=O)CNC1=O. The topological polar surface area (TPSA) is 366 Å². The van der Waals surface area contributed by atoms with Gasteiger partial charge in [0.2, 0.25) is 53.2 Å². The number of carbonyl (C=O) groups is 9. The Morgan fingerprint density at radius 3 is 1.91 bits per heavy atom. The van der Waals surface area contributed by atoms with Gasteiger partial charge in [0.15, 0.2) is 5.96 Å². The quantitative estimate of drug-likeness (QED) is 0.0537. The maximum atomic E-state index is 13.9. The Hall–Kier alpha value is -6.32. The molecule has 0 radical (unpaired) electrons. The van der Waals surface area contributed by atoms with Crippen LogP contribution in [0.2, 0.25) is 0 Å². The second-order valence-electron chi connectivity index (χ2n) is 12.5. The van der Waals surface area contributed by atoms with Gasteiger partial charge in [-0.3, -0.25) is 48.1 Å². The average molecular weight is 775 g/mol. The van der Waals surface area contributed by atoms with E-state index in [1.165, 1.54) is 0 Å². The summed E-state index contributed by atoms with van der Waals surface area (Å²) in [6.45, 7) is -2.68. The summed E-state index contributed by atoms with van der Waals surface area (Å²) in [5.41, 5.74) is 22.0. The normalized spacial score (nSPS) is 21.5. The van der Waals surface area contributed by atoms with E-state index in [9.17, 15) is 48.3 Å². The molecule has 9 amide bonds. The van der Waals surface area contributed by atoms with Crippen molar-refractivity contribution < 1.29 is 48.3 Å². The number of benzene rings is 1. The Bertz CT molecular complexity index is 1570. The highest BCUT2D eigenvalue weighted by molar-refractivity contribution is 5.96. The summed E-state index contributed by atoms with van der Waals surface area (Å²) in [7, 11) is 0. The van der Waals surface area contributed by atoms with Crippen molar-refractivity contribution in [3.05, 3.63) is 35.9 Å². The molecule has 15 N–H and O–H groups in total. The van der Waals surface area contributed by atoms with Crippen molar-refractivity contribution in [2.24, 2.45) is 27.9 Å². The minimum absolute atomic E-state index is 0.0454. The minimum atomic E-state index is -1.61. The summed E-state index contributed by atoms with van der Waals surface area (Å²) in [6.07, 6.45) is -1.27. The van der Waals surface area contributed by atoms with E-state index in [1.54, 1.807) is 30.3 Å². The Balaban J connectivity index is 2.46. The van der Waals surface area contributed by atoms with Crippen LogP contribution in [-0.4, -0.2) is 133 Å². The molecule has 1 aromatic rings. The van der Waals surface area contributed by atoms with E-state index in [1.807, 2.05) is 0 Å². The summed E-state index contributed by atoms with van der Waals surface area (Å²) < 4.78 is 0. The first kappa shape index (κ1) is 44.8. The van der Waals surface area contributed by atoms with Crippen LogP contribution in [0.3, 0.4) is 0 Å². The molecule has 1 fully saturated rings. The van der Waals surface area contributed by atoms with Gasteiger partial charge in [-0.2, -0.15) is 0 Å². The van der Waals surface area contributed by atoms with Crippen LogP contribution in [-0.2, 0) is 49.6 Å². The fourth-order valence-corrected chi connectivity index (χ4v) is 5.25. The summed E-state index contributed by atoms with van der Waals surface area (Å²) in [5.74, 6) is -7.69. The third-order valence-electron chi connectivity index (χ3n) is 8.00. The number of aliphatic imine (C=N–C) groups is 1. The fourth-order valence-electron chi connectivity index (χ4n) is 5.25. The van der Waals surface area contributed by atoms with Crippen LogP contribution in [0.25, 0.3) is 0 Å². The van der Waals surface area contributed by atoms with E-state index in [0.29, 0.717) is 5.56 Å². The zero-order valence-corrected chi connectivity index (χ0v) is 30.2. The lowest BCUT2D eigenvalue weighted by molar-refractivity contribution is -0.140. The highest BCUT2D eigenvalue weighted by Gasteiger charge is 2.31. The number of nitrogens with zero attached hydrogens (tertiary/aromatic N) is 2. The lowest BCUT2D eigenvalue weighted by Gasteiger charge is -2.29. The number of nitrogens with two attached hydrogens (primary N) is 4. The minimum Gasteiger partial charge on any atom is -0.394 e. The van der Waals surface area contributed by atoms with E-state index < -0.39 is 110 Å². The number of rotatable bonds is 12. The van der Waals surface area contributed by atoms with Gasteiger partial charge in [0.1, 0.15) is 24.2 Å². The number of primary amides is 2. The first-order chi connectivity index (χ1) is 26.1. The van der Waals surface area contributed by atoms with Gasteiger partial charge in [0.05, 0.1) is 19.7 Å². The Labute approximate surface area is 316 Å². The van der Waals surface area contributed by atoms with Crippen molar-refractivity contribution >= 4 is 59.1 Å². The number of hydrogen-bond acceptors (Lipinski definition) is 11. The van der Waals surface area contributed by atoms with E-state index in [2.05, 4.69) is 36.9 Å². The molecule has 0 aromatic heterocycles. The van der Waals surface area contributed by atoms with E-state index in [-0.39, 0.29) is 57.7 Å². The Morgan fingerprint density at radius 2 is 1.33 bits per heavy atom. The standard InChI is InChI=1S/C33H50N12O10/c34-24(47)9-8-21-30(53)40-16-28(51)43-23(18-46)31(54)44-22(15-19-5-2-1-3-6-19)32(55)45(17-25(35)48)14-13-38-29(52)20(7-4-12-39-33(36)37)41-26(49)10-11-27(50)42-21/h1-3,5-6,20-23,46H,4,7-18H2,(H2,34,47)(H2,35,48)(H,38,52)(H,40,53)(H,41,49)(H,42,50)(H,43,51)(H,44,54)(H4,36,37,39)/t20-,21-,22-,23-/m0/s1. The van der Waals surface area contributed by atoms with Crippen molar-refractivity contribution in [1.29, 1.82) is 0 Å². The molecule has 0 unspecified atom stereocenters. The predicted molar refractivity (Wildman–Crippen MR) is 194 cm³/mol. The zero-order valence-electron chi connectivity index (χ0n) is 30.2. The molecular weight excluding hydrogens is 724 g/mol. The van der Waals surface area contributed by atoms with Crippen molar-refractivity contribution in [2.45, 2.75) is 69.1 Å². The monoisotopic (exact) mass is 774 g/mol. The van der Waals surface area contributed by atoms with Gasteiger partial charge in [0.25, 0.3) is 0 Å². The molecule has 2 rings (SSSR count). The van der Waals surface area contributed by atoms with Gasteiger partial charge in [-0.05, 0) is 24.8 Å². The molecule has 0 saturated carbocycles. The van der Waals surface area contributed by atoms with Gasteiger partial charge in [-0.15, -0.1) is 0 Å². The maximum Gasteiger partial charge on any atom is 0.246 e. The number of carbonyl (C=O) groups excluding carboxylic acids is 9. The molecular formula is C33H50N12O10. The molecule has 0 spiro atoms. The van der Waals surface area contributed by atoms with Crippen LogP contribution in [0, 0.1) is 0 Å². The number of nitrogens with one attached hydrogen (secondary N) is 6. The number of aliphatic hydroxyl groups is 1. The second-order valence-corrected chi connectivity index (χ2v) is 12.5. The molecule has 1 aliphatic heterocycles. The van der Waals surface area contributed by atoms with Gasteiger partial charge >= 0.3 is 0 Å². The summed E-state index contributed by atoms with van der Waals surface area (Å²) in [5, 5.41) is 24.5. The number of amides is 9. The lowest BCUT2D eigenvalue weighted by atomic mass is 10.0. The van der Waals surface area contributed by atoms with E-state index >= 15 is 0 Å². The molecule has 1 aromatic carbocycles. The largest absolute Gasteiger partial charge is 0.394 e. The zero-order chi connectivity index (χ0) is 40.9. The van der Waals surface area contributed by atoms with Gasteiger partial charge in [0, 0.05) is 45.3 Å². The summed E-state index contributed by atoms with van der Waals surface area (Å²) in [6, 6.07) is 2.97. The van der Waals surface area contributed by atoms with Crippen molar-refractivity contribution in [2.75, 3.05) is 39.3 Å². The third kappa shape index (κ3) is 17.4. The molecule has 22 heteroatoms. The van der Waals surface area contributed by atoms with Crippen LogP contribution in [0.4, 0.5) is 0 Å². The van der Waals surface area contributed by atoms with Gasteiger partial charge in [-0.1, -0.05) is 30.3 Å². The molecule has 1 aliphatic rings. The first-order valence-electron chi connectivity index (χ1n) is 17.4. The Morgan fingerprint density at radius 1 is 0.727 bits per heavy atom. The molecule has 55 heavy (non-hydrogen) atoms. The highest BCUT2D eigenvalue weighted by Crippen LogP contribution is 2.08. The number of aliphatic hydroxyl groups excluding tert-OH is 1. The molecule has 1 heterocycles. The van der Waals surface area contributed by atoms with Crippen LogP contribution < -0.4 is 54.8 Å². The number of hydrogen-bond donors (Lipinski definition) is 11. The molecule has 302 valence electrons. The molecule has 0 bridgehead atoms. The number of guanidine groups is 1. The van der Waals surface area contributed by atoms with Gasteiger partial charge in [-0.25, -0.2) is 0 Å². The average Bonchev–Trinajstić information content (AvgIpc) is 3.13. The van der Waals surface area contributed by atoms with E-state index in [0.717, 1.165) is 4.90 Å². The van der Waals surface area contributed by atoms with Crippen LogP contribution in [0.1, 0.15) is 44.1 Å². The van der Waals surface area contributed by atoms with E-state index in [4.69, 9.17) is 22.9 Å². The lowest BCUT2D eigenvalue weighted by Crippen LogP contribution is -2.58. The smallest absolute Gasteiger partial charge is 0.246 e. The fraction of sp³-hybridized carbons (Fsp3) is 0.515. The molecule has 1 saturated heterocycles. The van der Waals surface area contributed by atoms with Crippen LogP contribution in [0.15, 0.2) is 35.3 Å². The first-order valence-corrected chi connectivity index (χ1v) is 17.4. The van der Waals surface area contributed by atoms with Crippen LogP contribution >= 0.6 is 0 Å². The molecule has 4 atom stereocenters. The third-order valence-corrected chi connectivity index (χ3v) is 8.00. The maximum absolute atomic E-state index is 13.9. The molecule has 0 aliphatic carbocycles. The second kappa shape index (κ2) is 23.4. The highest BCUT2D eigenvalue weighted by atomic mass is 16.3. The van der Waals surface area contributed by atoms with Crippen molar-refractivity contribution in [1.82, 2.24) is 36.8 Å². The summed E-state index contributed by atoms with van der Waals surface area (Å²) in [4.78, 5) is 120. The van der Waals surface area contributed by atoms with Crippen LogP contribution in [0.5, 0.6) is 0 Å². The van der Waals surface area contributed by atoms with Gasteiger partial charge < -0.3 is 64.8 Å². The van der Waals surface area contributed by atoms with Crippen molar-refractivity contribution in [3.8, 4) is 0 Å².